The van der Waals surface area contributed by atoms with Crippen LogP contribution in [0.5, 0.6) is 0 Å². The summed E-state index contributed by atoms with van der Waals surface area (Å²) >= 11 is 6.25. The number of benzene rings is 1. The fourth-order valence-electron chi connectivity index (χ4n) is 2.58. The van der Waals surface area contributed by atoms with Crippen molar-refractivity contribution in [1.82, 2.24) is 20.2 Å². The first kappa shape index (κ1) is 12.3. The lowest BCUT2D eigenvalue weighted by Crippen LogP contribution is -1.91. The summed E-state index contributed by atoms with van der Waals surface area (Å²) in [5.74, 6) is 0. The van der Waals surface area contributed by atoms with Crippen LogP contribution in [-0.2, 0) is 0 Å². The van der Waals surface area contributed by atoms with Gasteiger partial charge in [0.1, 0.15) is 16.2 Å². The lowest BCUT2D eigenvalue weighted by molar-refractivity contribution is 1.07. The predicted octanol–water partition coefficient (Wildman–Crippen LogP) is 4.13. The molecule has 0 fully saturated rings. The van der Waals surface area contributed by atoms with Crippen LogP contribution in [0.25, 0.3) is 33.1 Å². The Hall–Kier alpha value is -2.46. The normalized spacial score (nSPS) is 11.3. The molecule has 4 aromatic rings. The Balaban J connectivity index is 2.21. The van der Waals surface area contributed by atoms with Gasteiger partial charge in [-0.3, -0.25) is 5.10 Å². The molecule has 3 aromatic heterocycles. The number of pyridine rings is 2. The summed E-state index contributed by atoms with van der Waals surface area (Å²) in [5.41, 5.74) is 4.35. The minimum absolute atomic E-state index is 0.454. The number of hydrogen-bond acceptors (Lipinski definition) is 3. The van der Waals surface area contributed by atoms with Crippen molar-refractivity contribution in [2.45, 2.75) is 6.92 Å². The molecule has 0 spiro atoms. The number of aromatic amines is 1. The molecule has 0 radical (unpaired) electrons. The van der Waals surface area contributed by atoms with Crippen LogP contribution < -0.4 is 0 Å². The van der Waals surface area contributed by atoms with Crippen LogP contribution in [-0.4, -0.2) is 20.2 Å². The molecule has 0 aliphatic heterocycles. The van der Waals surface area contributed by atoms with E-state index in [-0.39, 0.29) is 0 Å². The summed E-state index contributed by atoms with van der Waals surface area (Å²) in [7, 11) is 0. The SMILES string of the molecule is Cc1[nH]nc2c1nc(-c1cccnc1Cl)c1ccccc12. The van der Waals surface area contributed by atoms with E-state index in [9.17, 15) is 0 Å². The molecule has 4 rings (SSSR count). The highest BCUT2D eigenvalue weighted by Gasteiger charge is 2.15. The van der Waals surface area contributed by atoms with Gasteiger partial charge in [-0.1, -0.05) is 35.9 Å². The smallest absolute Gasteiger partial charge is 0.138 e. The lowest BCUT2D eigenvalue weighted by Gasteiger charge is -2.08. The van der Waals surface area contributed by atoms with Gasteiger partial charge >= 0.3 is 0 Å². The van der Waals surface area contributed by atoms with Gasteiger partial charge in [0.05, 0.1) is 11.4 Å². The third-order valence-electron chi connectivity index (χ3n) is 3.59. The summed E-state index contributed by atoms with van der Waals surface area (Å²) in [6, 6.07) is 11.9. The topological polar surface area (TPSA) is 54.5 Å². The van der Waals surface area contributed by atoms with Gasteiger partial charge in [0, 0.05) is 22.5 Å². The standard InChI is InChI=1S/C16H11ClN4/c1-9-13-15(21-20-9)11-6-3-2-5-10(11)14(19-13)12-7-4-8-18-16(12)17/h2-8H,1H3,(H,20,21). The fourth-order valence-corrected chi connectivity index (χ4v) is 2.79. The van der Waals surface area contributed by atoms with E-state index in [1.807, 2.05) is 43.3 Å². The van der Waals surface area contributed by atoms with Crippen molar-refractivity contribution in [2.75, 3.05) is 0 Å². The number of hydrogen-bond donors (Lipinski definition) is 1. The van der Waals surface area contributed by atoms with E-state index in [2.05, 4.69) is 15.2 Å². The van der Waals surface area contributed by atoms with Crippen molar-refractivity contribution in [3.05, 3.63) is 53.4 Å². The summed E-state index contributed by atoms with van der Waals surface area (Å²) in [6.45, 7) is 1.96. The van der Waals surface area contributed by atoms with E-state index in [0.29, 0.717) is 5.15 Å². The van der Waals surface area contributed by atoms with Gasteiger partial charge in [-0.2, -0.15) is 5.10 Å². The molecule has 0 saturated heterocycles. The Bertz CT molecular complexity index is 975. The third-order valence-corrected chi connectivity index (χ3v) is 3.89. The van der Waals surface area contributed by atoms with E-state index in [1.165, 1.54) is 0 Å². The Morgan fingerprint density at radius 3 is 2.62 bits per heavy atom. The maximum atomic E-state index is 6.25. The molecule has 0 aliphatic carbocycles. The highest BCUT2D eigenvalue weighted by molar-refractivity contribution is 6.32. The first-order valence-electron chi connectivity index (χ1n) is 6.60. The van der Waals surface area contributed by atoms with Crippen LogP contribution in [0.15, 0.2) is 42.6 Å². The molecule has 1 N–H and O–H groups in total. The molecular formula is C16H11ClN4. The number of rotatable bonds is 1. The van der Waals surface area contributed by atoms with Crippen LogP contribution in [0.3, 0.4) is 0 Å². The first-order valence-corrected chi connectivity index (χ1v) is 6.98. The third kappa shape index (κ3) is 1.80. The number of nitrogens with one attached hydrogen (secondary N) is 1. The fraction of sp³-hybridized carbons (Fsp3) is 0.0625. The number of nitrogens with zero attached hydrogens (tertiary/aromatic N) is 3. The molecule has 1 aromatic carbocycles. The number of halogens is 1. The van der Waals surface area contributed by atoms with Gasteiger partial charge in [0.15, 0.2) is 0 Å². The van der Waals surface area contributed by atoms with E-state index >= 15 is 0 Å². The molecule has 0 unspecified atom stereocenters. The Morgan fingerprint density at radius 2 is 1.81 bits per heavy atom. The van der Waals surface area contributed by atoms with Crippen LogP contribution in [0.4, 0.5) is 0 Å². The number of H-pyrrole nitrogens is 1. The molecule has 0 amide bonds. The first-order chi connectivity index (χ1) is 10.3. The van der Waals surface area contributed by atoms with Gasteiger partial charge in [-0.15, -0.1) is 0 Å². The van der Waals surface area contributed by atoms with Gasteiger partial charge < -0.3 is 0 Å². The van der Waals surface area contributed by atoms with Crippen molar-refractivity contribution >= 4 is 33.4 Å². The van der Waals surface area contributed by atoms with Gasteiger partial charge in [0.2, 0.25) is 0 Å². The van der Waals surface area contributed by atoms with Crippen LogP contribution in [0, 0.1) is 6.92 Å². The van der Waals surface area contributed by atoms with Crippen molar-refractivity contribution < 1.29 is 0 Å². The van der Waals surface area contributed by atoms with Crippen LogP contribution in [0.2, 0.25) is 5.15 Å². The van der Waals surface area contributed by atoms with E-state index in [1.54, 1.807) is 6.20 Å². The largest absolute Gasteiger partial charge is 0.280 e. The lowest BCUT2D eigenvalue weighted by atomic mass is 10.0. The van der Waals surface area contributed by atoms with Gasteiger partial charge in [-0.05, 0) is 19.1 Å². The van der Waals surface area contributed by atoms with Crippen molar-refractivity contribution in [2.24, 2.45) is 0 Å². The van der Waals surface area contributed by atoms with E-state index in [4.69, 9.17) is 16.6 Å². The summed E-state index contributed by atoms with van der Waals surface area (Å²) in [6.07, 6.45) is 1.68. The zero-order valence-corrected chi connectivity index (χ0v) is 12.0. The number of aromatic nitrogens is 4. The highest BCUT2D eigenvalue weighted by Crippen LogP contribution is 2.34. The number of aryl methyl sites for hydroxylation is 1. The summed E-state index contributed by atoms with van der Waals surface area (Å²) in [5, 5.41) is 9.90. The minimum atomic E-state index is 0.454. The molecule has 4 nitrogen and oxygen atoms in total. The predicted molar refractivity (Wildman–Crippen MR) is 84.4 cm³/mol. The van der Waals surface area contributed by atoms with Crippen molar-refractivity contribution in [3.8, 4) is 11.3 Å². The summed E-state index contributed by atoms with van der Waals surface area (Å²) in [4.78, 5) is 8.93. The molecule has 0 bridgehead atoms. The average molecular weight is 295 g/mol. The second-order valence-corrected chi connectivity index (χ2v) is 5.25. The van der Waals surface area contributed by atoms with E-state index < -0.39 is 0 Å². The quantitative estimate of drug-likeness (QED) is 0.537. The van der Waals surface area contributed by atoms with Crippen molar-refractivity contribution in [1.29, 1.82) is 0 Å². The van der Waals surface area contributed by atoms with Gasteiger partial charge in [-0.25, -0.2) is 9.97 Å². The average Bonchev–Trinajstić information content (AvgIpc) is 2.89. The van der Waals surface area contributed by atoms with Crippen molar-refractivity contribution in [3.63, 3.8) is 0 Å². The van der Waals surface area contributed by atoms with E-state index in [0.717, 1.165) is 38.8 Å². The van der Waals surface area contributed by atoms with Gasteiger partial charge in [0.25, 0.3) is 0 Å². The van der Waals surface area contributed by atoms with Crippen LogP contribution in [0.1, 0.15) is 5.69 Å². The zero-order chi connectivity index (χ0) is 14.4. The zero-order valence-electron chi connectivity index (χ0n) is 11.3. The Labute approximate surface area is 125 Å². The molecule has 102 valence electrons. The van der Waals surface area contributed by atoms with Crippen LogP contribution >= 0.6 is 11.6 Å². The molecular weight excluding hydrogens is 284 g/mol. The number of fused-ring (bicyclic) bond motifs is 3. The summed E-state index contributed by atoms with van der Waals surface area (Å²) < 4.78 is 0. The maximum absolute atomic E-state index is 6.25. The molecule has 21 heavy (non-hydrogen) atoms. The Morgan fingerprint density at radius 1 is 1.00 bits per heavy atom. The second-order valence-electron chi connectivity index (χ2n) is 4.89. The molecule has 0 atom stereocenters. The molecule has 5 heteroatoms. The highest BCUT2D eigenvalue weighted by atomic mass is 35.5. The molecule has 3 heterocycles. The monoisotopic (exact) mass is 294 g/mol. The minimum Gasteiger partial charge on any atom is -0.280 e. The molecule has 0 aliphatic rings. The maximum Gasteiger partial charge on any atom is 0.138 e. The molecule has 0 saturated carbocycles. The Kier molecular flexibility index (Phi) is 2.65. The second kappa shape index (κ2) is 4.53.